The van der Waals surface area contributed by atoms with E-state index in [2.05, 4.69) is 16.3 Å². The number of carbonyl (C=O) groups is 1. The molecule has 9 heteroatoms. The number of nitriles is 1. The van der Waals surface area contributed by atoms with Gasteiger partial charge in [-0.2, -0.15) is 10.4 Å². The second-order valence-electron chi connectivity index (χ2n) is 10.8. The standard InChI is InChI=1S/C28H28F2N4O3/c1-15-12-18(4-5-19(15)29)34-20-13-17-14-32-33-24(17)23(30)22(20)21(25(34)27(2,3)10-11-31)16-6-8-28(37,9-7-16)26(35)36/h4-5,12-14,16,37H,6-10H2,1-3H3,(H,32,33)(H,35,36)/t16-,28+. The predicted molar refractivity (Wildman–Crippen MR) is 135 cm³/mol. The summed E-state index contributed by atoms with van der Waals surface area (Å²) in [7, 11) is 0. The molecule has 0 amide bonds. The summed E-state index contributed by atoms with van der Waals surface area (Å²) in [5, 5.41) is 37.5. The highest BCUT2D eigenvalue weighted by atomic mass is 19.1. The Morgan fingerprint density at radius 2 is 2.00 bits per heavy atom. The van der Waals surface area contributed by atoms with Crippen LogP contribution in [0.5, 0.6) is 0 Å². The van der Waals surface area contributed by atoms with Crippen LogP contribution in [0.1, 0.15) is 68.7 Å². The van der Waals surface area contributed by atoms with Crippen molar-refractivity contribution in [3.8, 4) is 11.8 Å². The minimum absolute atomic E-state index is 0.0291. The van der Waals surface area contributed by atoms with E-state index < -0.39 is 22.8 Å². The van der Waals surface area contributed by atoms with Crippen molar-refractivity contribution in [3.05, 3.63) is 58.9 Å². The maximum atomic E-state index is 16.3. The highest BCUT2D eigenvalue weighted by molar-refractivity contribution is 6.00. The first-order valence-corrected chi connectivity index (χ1v) is 12.3. The first-order valence-electron chi connectivity index (χ1n) is 12.3. The Bertz CT molecular complexity index is 1590. The Labute approximate surface area is 212 Å². The zero-order valence-corrected chi connectivity index (χ0v) is 20.9. The lowest BCUT2D eigenvalue weighted by atomic mass is 9.72. The highest BCUT2D eigenvalue weighted by Crippen LogP contribution is 2.49. The van der Waals surface area contributed by atoms with E-state index in [1.807, 2.05) is 24.5 Å². The molecule has 0 unspecified atom stereocenters. The van der Waals surface area contributed by atoms with Crippen molar-refractivity contribution in [2.24, 2.45) is 0 Å². The third-order valence-electron chi connectivity index (χ3n) is 7.83. The third-order valence-corrected chi connectivity index (χ3v) is 7.83. The number of aliphatic hydroxyl groups is 1. The van der Waals surface area contributed by atoms with E-state index in [9.17, 15) is 24.7 Å². The van der Waals surface area contributed by atoms with Crippen molar-refractivity contribution in [1.82, 2.24) is 14.8 Å². The van der Waals surface area contributed by atoms with Gasteiger partial charge in [0.25, 0.3) is 0 Å². The topological polar surface area (TPSA) is 115 Å². The monoisotopic (exact) mass is 506 g/mol. The molecule has 0 spiro atoms. The summed E-state index contributed by atoms with van der Waals surface area (Å²) in [5.74, 6) is -2.36. The number of hydrogen-bond acceptors (Lipinski definition) is 4. The molecule has 2 aromatic heterocycles. The molecule has 7 nitrogen and oxygen atoms in total. The Kier molecular flexibility index (Phi) is 5.83. The number of rotatable bonds is 5. The minimum atomic E-state index is -1.82. The van der Waals surface area contributed by atoms with E-state index in [0.717, 1.165) is 5.69 Å². The lowest BCUT2D eigenvalue weighted by molar-refractivity contribution is -0.162. The van der Waals surface area contributed by atoms with E-state index in [-0.39, 0.29) is 36.5 Å². The summed E-state index contributed by atoms with van der Waals surface area (Å²) < 4.78 is 32.4. The molecule has 2 heterocycles. The number of fused-ring (bicyclic) bond motifs is 2. The Morgan fingerprint density at radius 3 is 2.62 bits per heavy atom. The number of benzene rings is 2. The van der Waals surface area contributed by atoms with Gasteiger partial charge in [-0.1, -0.05) is 13.8 Å². The molecule has 0 atom stereocenters. The number of halogens is 2. The van der Waals surface area contributed by atoms with E-state index in [1.54, 1.807) is 25.3 Å². The van der Waals surface area contributed by atoms with Crippen LogP contribution >= 0.6 is 0 Å². The number of nitrogens with zero attached hydrogens (tertiary/aromatic N) is 3. The normalized spacial score (nSPS) is 20.4. The average Bonchev–Trinajstić information content (AvgIpc) is 3.45. The van der Waals surface area contributed by atoms with Gasteiger partial charge in [0, 0.05) is 34.0 Å². The fourth-order valence-corrected chi connectivity index (χ4v) is 5.81. The van der Waals surface area contributed by atoms with E-state index in [4.69, 9.17) is 0 Å². The van der Waals surface area contributed by atoms with Gasteiger partial charge in [0.05, 0.1) is 17.8 Å². The van der Waals surface area contributed by atoms with Gasteiger partial charge in [-0.15, -0.1) is 0 Å². The fourth-order valence-electron chi connectivity index (χ4n) is 5.81. The smallest absolute Gasteiger partial charge is 0.335 e. The molecule has 1 aliphatic carbocycles. The van der Waals surface area contributed by atoms with Gasteiger partial charge in [-0.25, -0.2) is 13.6 Å². The SMILES string of the molecule is Cc1cc(-n2c(C(C)(C)CC#N)c([C@H]3CC[C@](O)(C(=O)O)CC3)c3c(F)c4[nH]ncc4cc32)ccc1F. The molecule has 0 radical (unpaired) electrons. The van der Waals surface area contributed by atoms with Gasteiger partial charge in [0.1, 0.15) is 11.3 Å². The van der Waals surface area contributed by atoms with Crippen LogP contribution in [0.25, 0.3) is 27.5 Å². The second kappa shape index (κ2) is 8.67. The Balaban J connectivity index is 1.88. The van der Waals surface area contributed by atoms with Gasteiger partial charge in [-0.05, 0) is 73.9 Å². The van der Waals surface area contributed by atoms with Gasteiger partial charge < -0.3 is 14.8 Å². The molecule has 1 saturated carbocycles. The van der Waals surface area contributed by atoms with Gasteiger partial charge in [-0.3, -0.25) is 5.10 Å². The maximum Gasteiger partial charge on any atom is 0.335 e. The van der Waals surface area contributed by atoms with Crippen molar-refractivity contribution in [1.29, 1.82) is 5.26 Å². The van der Waals surface area contributed by atoms with Crippen molar-refractivity contribution < 1.29 is 23.8 Å². The van der Waals surface area contributed by atoms with Crippen LogP contribution < -0.4 is 0 Å². The number of carboxylic acids is 1. The molecule has 0 bridgehead atoms. The van der Waals surface area contributed by atoms with E-state index in [1.165, 1.54) is 6.07 Å². The number of carboxylic acid groups (broad SMARTS) is 1. The molecule has 3 N–H and O–H groups in total. The number of H-pyrrole nitrogens is 1. The quantitative estimate of drug-likeness (QED) is 0.318. The molecular weight excluding hydrogens is 478 g/mol. The van der Waals surface area contributed by atoms with Crippen LogP contribution in [0, 0.1) is 29.9 Å². The number of nitrogens with one attached hydrogen (secondary N) is 1. The van der Waals surface area contributed by atoms with Crippen molar-refractivity contribution >= 4 is 27.8 Å². The van der Waals surface area contributed by atoms with Crippen molar-refractivity contribution in [2.45, 2.75) is 69.8 Å². The molecule has 0 saturated heterocycles. The van der Waals surface area contributed by atoms with Gasteiger partial charge >= 0.3 is 5.97 Å². The number of aryl methyl sites for hydroxylation is 1. The summed E-state index contributed by atoms with van der Waals surface area (Å²) in [6, 6.07) is 8.80. The molecule has 5 rings (SSSR count). The van der Waals surface area contributed by atoms with Crippen molar-refractivity contribution in [2.75, 3.05) is 0 Å². The summed E-state index contributed by atoms with van der Waals surface area (Å²) >= 11 is 0. The largest absolute Gasteiger partial charge is 0.479 e. The lowest BCUT2D eigenvalue weighted by Crippen LogP contribution is -2.41. The number of hydrogen-bond donors (Lipinski definition) is 3. The van der Waals surface area contributed by atoms with Crippen LogP contribution in [0.2, 0.25) is 0 Å². The molecule has 2 aromatic carbocycles. The summed E-state index contributed by atoms with van der Waals surface area (Å²) in [6.45, 7) is 5.50. The second-order valence-corrected chi connectivity index (χ2v) is 10.8. The first-order chi connectivity index (χ1) is 17.5. The Hall–Kier alpha value is -3.77. The molecular formula is C28H28F2N4O3. The summed E-state index contributed by atoms with van der Waals surface area (Å²) in [6.07, 6.45) is 2.41. The third kappa shape index (κ3) is 3.87. The minimum Gasteiger partial charge on any atom is -0.479 e. The molecule has 37 heavy (non-hydrogen) atoms. The predicted octanol–water partition coefficient (Wildman–Crippen LogP) is 5.76. The van der Waals surface area contributed by atoms with Crippen LogP contribution in [0.4, 0.5) is 8.78 Å². The van der Waals surface area contributed by atoms with E-state index >= 15 is 4.39 Å². The Morgan fingerprint density at radius 1 is 1.30 bits per heavy atom. The molecule has 1 fully saturated rings. The molecule has 4 aromatic rings. The van der Waals surface area contributed by atoms with Crippen LogP contribution in [0.3, 0.4) is 0 Å². The number of aliphatic carboxylic acids is 1. The fraction of sp³-hybridized carbons (Fsp3) is 0.393. The average molecular weight is 507 g/mol. The van der Waals surface area contributed by atoms with E-state index in [0.29, 0.717) is 45.9 Å². The first kappa shape index (κ1) is 24.9. The number of aromatic amines is 1. The molecule has 1 aliphatic rings. The highest BCUT2D eigenvalue weighted by Gasteiger charge is 2.43. The lowest BCUT2D eigenvalue weighted by Gasteiger charge is -2.35. The van der Waals surface area contributed by atoms with Gasteiger partial charge in [0.15, 0.2) is 11.4 Å². The number of aromatic nitrogens is 3. The van der Waals surface area contributed by atoms with Crippen molar-refractivity contribution in [3.63, 3.8) is 0 Å². The van der Waals surface area contributed by atoms with Crippen LogP contribution in [-0.4, -0.2) is 36.5 Å². The zero-order chi connectivity index (χ0) is 26.7. The molecule has 192 valence electrons. The molecule has 0 aliphatic heterocycles. The zero-order valence-electron chi connectivity index (χ0n) is 20.9. The van der Waals surface area contributed by atoms with Gasteiger partial charge in [0.2, 0.25) is 0 Å². The maximum absolute atomic E-state index is 16.3. The van der Waals surface area contributed by atoms with Crippen LogP contribution in [-0.2, 0) is 10.2 Å². The summed E-state index contributed by atoms with van der Waals surface area (Å²) in [5.41, 5.74) is 0.746. The summed E-state index contributed by atoms with van der Waals surface area (Å²) in [4.78, 5) is 11.7. The van der Waals surface area contributed by atoms with Crippen LogP contribution in [0.15, 0.2) is 30.5 Å².